The van der Waals surface area contributed by atoms with Gasteiger partial charge in [0.2, 0.25) is 0 Å². The summed E-state index contributed by atoms with van der Waals surface area (Å²) in [6.45, 7) is 5.29. The third-order valence-corrected chi connectivity index (χ3v) is 2.19. The molecule has 0 saturated carbocycles. The van der Waals surface area contributed by atoms with Crippen LogP contribution in [-0.4, -0.2) is 22.8 Å². The van der Waals surface area contributed by atoms with Crippen LogP contribution in [0, 0.1) is 0 Å². The Morgan fingerprint density at radius 1 is 1.33 bits per heavy atom. The second-order valence-corrected chi connectivity index (χ2v) is 3.67. The van der Waals surface area contributed by atoms with E-state index in [4.69, 9.17) is 10.2 Å². The van der Waals surface area contributed by atoms with E-state index in [9.17, 15) is 4.79 Å². The van der Waals surface area contributed by atoms with Gasteiger partial charge in [-0.2, -0.15) is 0 Å². The number of allylic oxidation sites excluding steroid dienone is 1. The van der Waals surface area contributed by atoms with Gasteiger partial charge in [-0.25, -0.2) is 4.79 Å². The number of hydrogen-bond donors (Lipinski definition) is 2. The summed E-state index contributed by atoms with van der Waals surface area (Å²) in [5.41, 5.74) is 1.51. The summed E-state index contributed by atoms with van der Waals surface area (Å²) in [7, 11) is 0. The van der Waals surface area contributed by atoms with E-state index >= 15 is 0 Å². The lowest BCUT2D eigenvalue weighted by Gasteiger charge is -1.91. The molecule has 98 valence electrons. The summed E-state index contributed by atoms with van der Waals surface area (Å²) in [6, 6.07) is 10.0. The number of carbonyl (C=O) groups is 1. The molecule has 0 saturated heterocycles. The van der Waals surface area contributed by atoms with Crippen molar-refractivity contribution in [3.05, 3.63) is 54.1 Å². The molecule has 1 aromatic rings. The summed E-state index contributed by atoms with van der Waals surface area (Å²) in [5.74, 6) is -0.891. The number of aliphatic carboxylic acids is 1. The van der Waals surface area contributed by atoms with Gasteiger partial charge in [-0.1, -0.05) is 49.1 Å². The zero-order valence-corrected chi connectivity index (χ0v) is 10.7. The van der Waals surface area contributed by atoms with Gasteiger partial charge in [0.15, 0.2) is 0 Å². The average Bonchev–Trinajstić information content (AvgIpc) is 2.40. The van der Waals surface area contributed by atoms with Crippen LogP contribution >= 0.6 is 0 Å². The summed E-state index contributed by atoms with van der Waals surface area (Å²) >= 11 is 0. The van der Waals surface area contributed by atoms with E-state index in [1.165, 1.54) is 5.56 Å². The predicted octanol–water partition coefficient (Wildman–Crippen LogP) is 3.12. The summed E-state index contributed by atoms with van der Waals surface area (Å²) < 4.78 is 0. The van der Waals surface area contributed by atoms with E-state index < -0.39 is 5.97 Å². The van der Waals surface area contributed by atoms with Gasteiger partial charge >= 0.3 is 5.97 Å². The van der Waals surface area contributed by atoms with Crippen LogP contribution < -0.4 is 0 Å². The molecule has 0 fully saturated rings. The zero-order chi connectivity index (χ0) is 13.8. The van der Waals surface area contributed by atoms with Gasteiger partial charge in [-0.3, -0.25) is 0 Å². The fourth-order valence-corrected chi connectivity index (χ4v) is 1.09. The quantitative estimate of drug-likeness (QED) is 0.621. The lowest BCUT2D eigenvalue weighted by atomic mass is 10.2. The monoisotopic (exact) mass is 248 g/mol. The van der Waals surface area contributed by atoms with Gasteiger partial charge < -0.3 is 10.2 Å². The van der Waals surface area contributed by atoms with Crippen LogP contribution in [0.5, 0.6) is 0 Å². The number of hydrogen-bond acceptors (Lipinski definition) is 2. The maximum absolute atomic E-state index is 10.2. The van der Waals surface area contributed by atoms with Crippen molar-refractivity contribution in [2.24, 2.45) is 0 Å². The summed E-state index contributed by atoms with van der Waals surface area (Å²) in [6.07, 6.45) is 4.71. The molecule has 0 radical (unpaired) electrons. The maximum atomic E-state index is 10.2. The van der Waals surface area contributed by atoms with E-state index in [0.717, 1.165) is 0 Å². The Morgan fingerprint density at radius 3 is 2.33 bits per heavy atom. The SMILES string of the molecule is C=Cc1ccccc1.CC(=CCCCO)C(=O)O. The molecule has 0 atom stereocenters. The number of aliphatic hydroxyl groups is 1. The van der Waals surface area contributed by atoms with Crippen molar-refractivity contribution in [3.63, 3.8) is 0 Å². The minimum absolute atomic E-state index is 0.114. The highest BCUT2D eigenvalue weighted by Crippen LogP contribution is 1.98. The standard InChI is InChI=1S/C8H8.C7H12O3/c1-2-8-6-4-3-5-7-8;1-6(7(9)10)4-2-3-5-8/h2-7H,1H2;4,8H,2-3,5H2,1H3,(H,9,10). The van der Waals surface area contributed by atoms with Gasteiger partial charge in [0.25, 0.3) is 0 Å². The second kappa shape index (κ2) is 10.3. The first-order valence-electron chi connectivity index (χ1n) is 5.80. The molecule has 0 aliphatic heterocycles. The van der Waals surface area contributed by atoms with Crippen LogP contribution in [0.1, 0.15) is 25.3 Å². The lowest BCUT2D eigenvalue weighted by Crippen LogP contribution is -1.95. The van der Waals surface area contributed by atoms with E-state index in [0.29, 0.717) is 18.4 Å². The van der Waals surface area contributed by atoms with Crippen molar-refractivity contribution in [3.8, 4) is 0 Å². The number of unbranched alkanes of at least 4 members (excludes halogenated alkanes) is 1. The summed E-state index contributed by atoms with van der Waals surface area (Å²) in [4.78, 5) is 10.2. The Kier molecular flexibility index (Phi) is 9.23. The Balaban J connectivity index is 0.000000327. The number of aliphatic hydroxyl groups excluding tert-OH is 1. The van der Waals surface area contributed by atoms with Gasteiger partial charge in [0, 0.05) is 12.2 Å². The lowest BCUT2D eigenvalue weighted by molar-refractivity contribution is -0.132. The third kappa shape index (κ3) is 8.30. The molecule has 1 aromatic carbocycles. The molecule has 1 rings (SSSR count). The minimum Gasteiger partial charge on any atom is -0.478 e. The van der Waals surface area contributed by atoms with Gasteiger partial charge in [0.1, 0.15) is 0 Å². The van der Waals surface area contributed by atoms with E-state index in [1.54, 1.807) is 13.0 Å². The Hall–Kier alpha value is -1.87. The Bertz CT molecular complexity index is 380. The molecule has 0 amide bonds. The molecule has 0 unspecified atom stereocenters. The molecule has 0 spiro atoms. The zero-order valence-electron chi connectivity index (χ0n) is 10.7. The highest BCUT2D eigenvalue weighted by Gasteiger charge is 1.96. The smallest absolute Gasteiger partial charge is 0.330 e. The first-order chi connectivity index (χ1) is 8.61. The van der Waals surface area contributed by atoms with Crippen LogP contribution in [0.2, 0.25) is 0 Å². The third-order valence-electron chi connectivity index (χ3n) is 2.19. The van der Waals surface area contributed by atoms with Crippen LogP contribution in [-0.2, 0) is 4.79 Å². The number of benzene rings is 1. The van der Waals surface area contributed by atoms with Crippen LogP contribution in [0.15, 0.2) is 48.6 Å². The fraction of sp³-hybridized carbons (Fsp3) is 0.267. The van der Waals surface area contributed by atoms with Gasteiger partial charge in [-0.05, 0) is 25.3 Å². The molecule has 0 bridgehead atoms. The van der Waals surface area contributed by atoms with Crippen molar-refractivity contribution in [2.45, 2.75) is 19.8 Å². The number of rotatable bonds is 5. The molecular formula is C15H20O3. The predicted molar refractivity (Wildman–Crippen MR) is 74.2 cm³/mol. The van der Waals surface area contributed by atoms with E-state index in [-0.39, 0.29) is 6.61 Å². The number of carboxylic acid groups (broad SMARTS) is 1. The molecule has 3 heteroatoms. The van der Waals surface area contributed by atoms with Crippen molar-refractivity contribution in [1.82, 2.24) is 0 Å². The molecule has 0 aliphatic carbocycles. The van der Waals surface area contributed by atoms with E-state index in [1.807, 2.05) is 36.4 Å². The first kappa shape index (κ1) is 16.1. The fourth-order valence-electron chi connectivity index (χ4n) is 1.09. The van der Waals surface area contributed by atoms with Gasteiger partial charge in [0.05, 0.1) is 0 Å². The van der Waals surface area contributed by atoms with Crippen molar-refractivity contribution in [1.29, 1.82) is 0 Å². The maximum Gasteiger partial charge on any atom is 0.330 e. The topological polar surface area (TPSA) is 57.5 Å². The van der Waals surface area contributed by atoms with Gasteiger partial charge in [-0.15, -0.1) is 0 Å². The summed E-state index contributed by atoms with van der Waals surface area (Å²) in [5, 5.41) is 16.7. The van der Waals surface area contributed by atoms with E-state index in [2.05, 4.69) is 6.58 Å². The minimum atomic E-state index is -0.891. The van der Waals surface area contributed by atoms with Crippen molar-refractivity contribution < 1.29 is 15.0 Å². The molecule has 0 aromatic heterocycles. The highest BCUT2D eigenvalue weighted by molar-refractivity contribution is 5.85. The first-order valence-corrected chi connectivity index (χ1v) is 5.80. The average molecular weight is 248 g/mol. The highest BCUT2D eigenvalue weighted by atomic mass is 16.4. The molecule has 18 heavy (non-hydrogen) atoms. The Morgan fingerprint density at radius 2 is 1.94 bits per heavy atom. The molecular weight excluding hydrogens is 228 g/mol. The van der Waals surface area contributed by atoms with Crippen molar-refractivity contribution >= 4 is 12.0 Å². The van der Waals surface area contributed by atoms with Crippen molar-refractivity contribution in [2.75, 3.05) is 6.61 Å². The number of carboxylic acids is 1. The van der Waals surface area contributed by atoms with Crippen LogP contribution in [0.3, 0.4) is 0 Å². The van der Waals surface area contributed by atoms with Crippen LogP contribution in [0.4, 0.5) is 0 Å². The second-order valence-electron chi connectivity index (χ2n) is 3.67. The normalized spacial score (nSPS) is 10.2. The molecule has 2 N–H and O–H groups in total. The largest absolute Gasteiger partial charge is 0.478 e. The Labute approximate surface area is 108 Å². The molecule has 0 heterocycles. The van der Waals surface area contributed by atoms with Crippen LogP contribution in [0.25, 0.3) is 6.08 Å². The molecule has 0 aliphatic rings. The molecule has 3 nitrogen and oxygen atoms in total.